The number of nitrogens with zero attached hydrogens (tertiary/aromatic N) is 1. The molecule has 94 valence electrons. The van der Waals surface area contributed by atoms with Crippen molar-refractivity contribution in [3.63, 3.8) is 0 Å². The summed E-state index contributed by atoms with van der Waals surface area (Å²) in [4.78, 5) is 2.38. The maximum atomic E-state index is 9.91. The molecule has 0 heterocycles. The topological polar surface area (TPSA) is 57.6 Å². The lowest BCUT2D eigenvalue weighted by atomic mass is 10.5. The first-order valence-corrected chi connectivity index (χ1v) is 7.43. The highest BCUT2D eigenvalue weighted by Crippen LogP contribution is 1.88. The first-order chi connectivity index (χ1) is 6.91. The van der Waals surface area contributed by atoms with Crippen molar-refractivity contribution in [3.05, 3.63) is 0 Å². The summed E-state index contributed by atoms with van der Waals surface area (Å²) < 4.78 is 27.9. The minimum Gasteiger partial charge on any atom is -0.304 e. The molecule has 1 N–H and O–H groups in total. The standard InChI is InChI=1S/C6H15N.C3H8O3S2/c1-4-7(5-2)6-3;4-8(5,6)3-1-2-7/h4-6H2,1-3H3;7H,1-3H2,(H,4,5,6). The molecule has 6 heteroatoms. The monoisotopic (exact) mass is 257 g/mol. The van der Waals surface area contributed by atoms with Crippen LogP contribution in [0.4, 0.5) is 0 Å². The van der Waals surface area contributed by atoms with E-state index in [2.05, 4.69) is 38.3 Å². The van der Waals surface area contributed by atoms with Crippen LogP contribution < -0.4 is 0 Å². The molecule has 0 atom stereocenters. The molecule has 0 aromatic carbocycles. The normalized spacial score (nSPS) is 11.1. The molecule has 0 unspecified atom stereocenters. The van der Waals surface area contributed by atoms with Gasteiger partial charge >= 0.3 is 0 Å². The second-order valence-electron chi connectivity index (χ2n) is 2.98. The third-order valence-corrected chi connectivity index (χ3v) is 3.02. The lowest BCUT2D eigenvalue weighted by Crippen LogP contribution is -2.21. The fourth-order valence-electron chi connectivity index (χ4n) is 0.918. The summed E-state index contributed by atoms with van der Waals surface area (Å²) in [5.41, 5.74) is 0. The summed E-state index contributed by atoms with van der Waals surface area (Å²) in [6.45, 7) is 10.1. The van der Waals surface area contributed by atoms with Crippen LogP contribution in [0.25, 0.3) is 0 Å². The maximum Gasteiger partial charge on any atom is 0.264 e. The van der Waals surface area contributed by atoms with Crippen LogP contribution in [0.5, 0.6) is 0 Å². The van der Waals surface area contributed by atoms with Crippen molar-refractivity contribution < 1.29 is 13.0 Å². The molecule has 0 aliphatic heterocycles. The molecule has 15 heavy (non-hydrogen) atoms. The Morgan fingerprint density at radius 3 is 1.60 bits per heavy atom. The van der Waals surface area contributed by atoms with Gasteiger partial charge in [-0.15, -0.1) is 0 Å². The molecule has 0 rings (SSSR count). The summed E-state index contributed by atoms with van der Waals surface area (Å²) in [6, 6.07) is 0. The Balaban J connectivity index is 0. The van der Waals surface area contributed by atoms with Gasteiger partial charge in [0.25, 0.3) is 10.1 Å². The molecule has 0 aromatic rings. The van der Waals surface area contributed by atoms with Crippen LogP contribution in [0.15, 0.2) is 0 Å². The molecule has 0 saturated carbocycles. The fourth-order valence-corrected chi connectivity index (χ4v) is 1.80. The Hall–Kier alpha value is 0.220. The van der Waals surface area contributed by atoms with Gasteiger partial charge in [-0.05, 0) is 31.8 Å². The zero-order valence-corrected chi connectivity index (χ0v) is 11.5. The molecule has 0 aromatic heterocycles. The van der Waals surface area contributed by atoms with Gasteiger partial charge in [-0.2, -0.15) is 21.0 Å². The van der Waals surface area contributed by atoms with Crippen molar-refractivity contribution in [2.24, 2.45) is 0 Å². The predicted octanol–water partition coefficient (Wildman–Crippen LogP) is 1.54. The third-order valence-electron chi connectivity index (χ3n) is 1.90. The van der Waals surface area contributed by atoms with Gasteiger partial charge in [0.2, 0.25) is 0 Å². The van der Waals surface area contributed by atoms with Crippen molar-refractivity contribution >= 4 is 22.7 Å². The Labute approximate surface area is 99.2 Å². The number of hydrogen-bond acceptors (Lipinski definition) is 4. The summed E-state index contributed by atoms with van der Waals surface area (Å²) >= 11 is 3.76. The maximum absolute atomic E-state index is 9.91. The Morgan fingerprint density at radius 1 is 1.13 bits per heavy atom. The van der Waals surface area contributed by atoms with Crippen molar-refractivity contribution in [1.82, 2.24) is 4.90 Å². The van der Waals surface area contributed by atoms with Crippen molar-refractivity contribution in [3.8, 4) is 0 Å². The highest BCUT2D eigenvalue weighted by atomic mass is 32.2. The summed E-state index contributed by atoms with van der Waals surface area (Å²) in [6.07, 6.45) is 0.405. The Kier molecular flexibility index (Phi) is 12.6. The summed E-state index contributed by atoms with van der Waals surface area (Å²) in [5, 5.41) is 0. The smallest absolute Gasteiger partial charge is 0.264 e. The fraction of sp³-hybridized carbons (Fsp3) is 1.00. The molecule has 4 nitrogen and oxygen atoms in total. The molecular formula is C9H23NO3S2. The average molecular weight is 257 g/mol. The van der Waals surface area contributed by atoms with E-state index in [1.165, 1.54) is 19.6 Å². The molecule has 0 amide bonds. The van der Waals surface area contributed by atoms with Gasteiger partial charge in [0, 0.05) is 0 Å². The van der Waals surface area contributed by atoms with Gasteiger partial charge in [0.1, 0.15) is 0 Å². The largest absolute Gasteiger partial charge is 0.304 e. The van der Waals surface area contributed by atoms with Crippen LogP contribution >= 0.6 is 12.6 Å². The van der Waals surface area contributed by atoms with Gasteiger partial charge in [0.05, 0.1) is 5.75 Å². The SMILES string of the molecule is CCN(CC)CC.O=S(=O)(O)CCCS. The summed E-state index contributed by atoms with van der Waals surface area (Å²) in [7, 11) is -3.74. The van der Waals surface area contributed by atoms with Crippen molar-refractivity contribution in [1.29, 1.82) is 0 Å². The van der Waals surface area contributed by atoms with E-state index >= 15 is 0 Å². The van der Waals surface area contributed by atoms with E-state index < -0.39 is 10.1 Å². The zero-order valence-electron chi connectivity index (χ0n) is 9.81. The van der Waals surface area contributed by atoms with E-state index in [0.717, 1.165) is 0 Å². The van der Waals surface area contributed by atoms with Crippen LogP contribution in [0.1, 0.15) is 27.2 Å². The van der Waals surface area contributed by atoms with Crippen LogP contribution in [-0.4, -0.2) is 49.0 Å². The first-order valence-electron chi connectivity index (χ1n) is 5.19. The van der Waals surface area contributed by atoms with Crippen LogP contribution in [0, 0.1) is 0 Å². The van der Waals surface area contributed by atoms with E-state index in [9.17, 15) is 8.42 Å². The highest BCUT2D eigenvalue weighted by molar-refractivity contribution is 7.85. The van der Waals surface area contributed by atoms with Crippen LogP contribution in [-0.2, 0) is 10.1 Å². The third kappa shape index (κ3) is 16.9. The second-order valence-corrected chi connectivity index (χ2v) is 5.00. The minimum atomic E-state index is -3.74. The van der Waals surface area contributed by atoms with Gasteiger partial charge in [-0.1, -0.05) is 20.8 Å². The molecule has 0 aliphatic rings. The van der Waals surface area contributed by atoms with E-state index in [0.29, 0.717) is 12.2 Å². The van der Waals surface area contributed by atoms with E-state index in [-0.39, 0.29) is 5.75 Å². The Bertz CT molecular complexity index is 208. The highest BCUT2D eigenvalue weighted by Gasteiger charge is 2.00. The molecule has 0 spiro atoms. The average Bonchev–Trinajstić information content (AvgIpc) is 2.17. The van der Waals surface area contributed by atoms with Gasteiger partial charge in [-0.25, -0.2) is 0 Å². The number of rotatable bonds is 6. The Morgan fingerprint density at radius 2 is 1.53 bits per heavy atom. The molecule has 0 aliphatic carbocycles. The zero-order chi connectivity index (χ0) is 12.3. The second kappa shape index (κ2) is 10.7. The van der Waals surface area contributed by atoms with Crippen LogP contribution in [0.2, 0.25) is 0 Å². The van der Waals surface area contributed by atoms with Gasteiger partial charge in [0.15, 0.2) is 0 Å². The van der Waals surface area contributed by atoms with E-state index in [1.807, 2.05) is 0 Å². The lowest BCUT2D eigenvalue weighted by Gasteiger charge is -2.13. The quantitative estimate of drug-likeness (QED) is 0.560. The van der Waals surface area contributed by atoms with Gasteiger partial charge in [-0.3, -0.25) is 4.55 Å². The minimum absolute atomic E-state index is 0.184. The number of hydrogen-bond donors (Lipinski definition) is 2. The van der Waals surface area contributed by atoms with E-state index in [1.54, 1.807) is 0 Å². The van der Waals surface area contributed by atoms with Crippen molar-refractivity contribution in [2.45, 2.75) is 27.2 Å². The lowest BCUT2D eigenvalue weighted by molar-refractivity contribution is 0.321. The van der Waals surface area contributed by atoms with Gasteiger partial charge < -0.3 is 4.90 Å². The predicted molar refractivity (Wildman–Crippen MR) is 68.3 cm³/mol. The molecule has 0 fully saturated rings. The van der Waals surface area contributed by atoms with Crippen molar-refractivity contribution in [2.75, 3.05) is 31.1 Å². The van der Waals surface area contributed by atoms with E-state index in [4.69, 9.17) is 4.55 Å². The first kappa shape index (κ1) is 17.6. The molecule has 0 radical (unpaired) electrons. The molecular weight excluding hydrogens is 234 g/mol. The van der Waals surface area contributed by atoms with Crippen LogP contribution in [0.3, 0.4) is 0 Å². The summed E-state index contributed by atoms with van der Waals surface area (Å²) in [5.74, 6) is 0.302. The number of thiol groups is 1. The molecule has 0 bridgehead atoms. The molecule has 0 saturated heterocycles.